The molecule has 2 saturated heterocycles. The molecule has 0 saturated carbocycles. The van der Waals surface area contributed by atoms with Crippen molar-refractivity contribution in [3.05, 3.63) is 35.9 Å². The Balaban J connectivity index is 1.34. The lowest BCUT2D eigenvalue weighted by Gasteiger charge is -2.40. The number of amides is 3. The highest BCUT2D eigenvalue weighted by atomic mass is 16.6. The molecule has 0 aromatic heterocycles. The molecule has 0 aliphatic carbocycles. The van der Waals surface area contributed by atoms with Gasteiger partial charge in [-0.1, -0.05) is 30.3 Å². The van der Waals surface area contributed by atoms with Crippen molar-refractivity contribution in [3.8, 4) is 0 Å². The van der Waals surface area contributed by atoms with Crippen LogP contribution in [0.3, 0.4) is 0 Å². The maximum atomic E-state index is 12.1. The van der Waals surface area contributed by atoms with Gasteiger partial charge in [0.05, 0.1) is 0 Å². The average molecular weight is 344 g/mol. The summed E-state index contributed by atoms with van der Waals surface area (Å²) < 4.78 is 4.66. The molecule has 25 heavy (non-hydrogen) atoms. The summed E-state index contributed by atoms with van der Waals surface area (Å²) in [5, 5.41) is 0. The lowest BCUT2D eigenvalue weighted by atomic mass is 9.98. The molecule has 2 aliphatic rings. The van der Waals surface area contributed by atoms with E-state index in [0.29, 0.717) is 44.5 Å². The van der Waals surface area contributed by atoms with Crippen LogP contribution in [-0.4, -0.2) is 59.7 Å². The van der Waals surface area contributed by atoms with Crippen molar-refractivity contribution >= 4 is 23.7 Å². The fraction of sp³-hybridized carbons (Fsp3) is 0.444. The molecule has 1 aromatic rings. The van der Waals surface area contributed by atoms with E-state index in [0.717, 1.165) is 4.90 Å². The third-order valence-electron chi connectivity index (χ3n) is 4.48. The van der Waals surface area contributed by atoms with E-state index in [9.17, 15) is 19.2 Å². The Morgan fingerprint density at radius 3 is 2.44 bits per heavy atom. The zero-order chi connectivity index (χ0) is 17.8. The van der Waals surface area contributed by atoms with Gasteiger partial charge in [-0.3, -0.25) is 14.4 Å². The van der Waals surface area contributed by atoms with Gasteiger partial charge >= 0.3 is 6.09 Å². The van der Waals surface area contributed by atoms with E-state index in [1.54, 1.807) is 17.0 Å². The summed E-state index contributed by atoms with van der Waals surface area (Å²) in [5.41, 5.74) is 0.668. The minimum Gasteiger partial charge on any atom is -0.439 e. The normalized spacial score (nSPS) is 17.4. The van der Waals surface area contributed by atoms with E-state index < -0.39 is 6.09 Å². The monoisotopic (exact) mass is 344 g/mol. The van der Waals surface area contributed by atoms with Gasteiger partial charge in [-0.2, -0.15) is 0 Å². The zero-order valence-corrected chi connectivity index (χ0v) is 13.8. The number of Topliss-reactive ketones (excluding diaryl/α,β-unsaturated/α-hetero) is 1. The number of rotatable bonds is 7. The van der Waals surface area contributed by atoms with Gasteiger partial charge in [0.2, 0.25) is 5.91 Å². The van der Waals surface area contributed by atoms with Crippen molar-refractivity contribution in [3.63, 3.8) is 0 Å². The molecule has 3 rings (SSSR count). The fourth-order valence-corrected chi connectivity index (χ4v) is 3.03. The van der Waals surface area contributed by atoms with Crippen molar-refractivity contribution in [1.29, 1.82) is 0 Å². The summed E-state index contributed by atoms with van der Waals surface area (Å²) in [5.74, 6) is -0.174. The van der Waals surface area contributed by atoms with Crippen molar-refractivity contribution in [1.82, 2.24) is 9.80 Å². The first-order valence-corrected chi connectivity index (χ1v) is 8.37. The maximum absolute atomic E-state index is 12.1. The molecule has 1 aromatic carbocycles. The van der Waals surface area contributed by atoms with E-state index in [-0.39, 0.29) is 30.1 Å². The van der Waals surface area contributed by atoms with Gasteiger partial charge in [-0.15, -0.1) is 0 Å². The first kappa shape index (κ1) is 17.1. The molecule has 3 amide bonds. The summed E-state index contributed by atoms with van der Waals surface area (Å²) >= 11 is 0. The summed E-state index contributed by atoms with van der Waals surface area (Å²) in [7, 11) is 0. The molecule has 0 unspecified atom stereocenters. The lowest BCUT2D eigenvalue weighted by molar-refractivity contribution is -0.138. The van der Waals surface area contributed by atoms with Crippen LogP contribution in [0.5, 0.6) is 0 Å². The first-order chi connectivity index (χ1) is 12.0. The van der Waals surface area contributed by atoms with Gasteiger partial charge in [0, 0.05) is 44.0 Å². The predicted molar refractivity (Wildman–Crippen MR) is 87.8 cm³/mol. The molecule has 0 bridgehead atoms. The van der Waals surface area contributed by atoms with E-state index >= 15 is 0 Å². The van der Waals surface area contributed by atoms with Crippen LogP contribution >= 0.6 is 0 Å². The van der Waals surface area contributed by atoms with Gasteiger partial charge in [0.15, 0.2) is 12.4 Å². The van der Waals surface area contributed by atoms with Crippen molar-refractivity contribution in [2.75, 3.05) is 26.2 Å². The van der Waals surface area contributed by atoms with Crippen molar-refractivity contribution in [2.45, 2.75) is 19.3 Å². The number of carbonyl (C=O) groups excluding carboxylic acids is 4. The van der Waals surface area contributed by atoms with Crippen molar-refractivity contribution in [2.24, 2.45) is 5.92 Å². The molecular weight excluding hydrogens is 324 g/mol. The predicted octanol–water partition coefficient (Wildman–Crippen LogP) is 1.48. The number of imide groups is 1. The van der Waals surface area contributed by atoms with E-state index in [2.05, 4.69) is 4.74 Å². The number of hydrogen-bond acceptors (Lipinski definition) is 5. The Bertz CT molecular complexity index is 666. The topological polar surface area (TPSA) is 84.0 Å². The number of hydrogen-bond donors (Lipinski definition) is 0. The Labute approximate surface area is 145 Å². The molecular formula is C18H20N2O5. The quantitative estimate of drug-likeness (QED) is 0.700. The third kappa shape index (κ3) is 4.04. The van der Waals surface area contributed by atoms with Crippen LogP contribution in [0.4, 0.5) is 4.79 Å². The highest BCUT2D eigenvalue weighted by molar-refractivity contribution is 5.98. The zero-order valence-electron chi connectivity index (χ0n) is 13.8. The van der Waals surface area contributed by atoms with Crippen LogP contribution in [0, 0.1) is 5.92 Å². The van der Waals surface area contributed by atoms with E-state index in [1.807, 2.05) is 18.2 Å². The number of ketones is 1. The minimum absolute atomic E-state index is 0.00689. The Hall–Kier alpha value is -2.70. The number of benzene rings is 1. The second-order valence-corrected chi connectivity index (χ2v) is 6.37. The summed E-state index contributed by atoms with van der Waals surface area (Å²) in [6.07, 6.45) is 0.594. The number of cyclic esters (lactones) is 1. The fourth-order valence-electron chi connectivity index (χ4n) is 3.03. The van der Waals surface area contributed by atoms with Crippen LogP contribution in [0.1, 0.15) is 29.6 Å². The number of ether oxygens (including phenoxy) is 1. The summed E-state index contributed by atoms with van der Waals surface area (Å²) in [6, 6.07) is 9.04. The van der Waals surface area contributed by atoms with Gasteiger partial charge in [0.25, 0.3) is 5.91 Å². The average Bonchev–Trinajstić information content (AvgIpc) is 2.89. The van der Waals surface area contributed by atoms with Crippen LogP contribution in [0.25, 0.3) is 0 Å². The molecule has 7 nitrogen and oxygen atoms in total. The van der Waals surface area contributed by atoms with Crippen LogP contribution in [-0.2, 0) is 14.3 Å². The molecule has 132 valence electrons. The third-order valence-corrected chi connectivity index (χ3v) is 4.48. The smallest absolute Gasteiger partial charge is 0.417 e. The highest BCUT2D eigenvalue weighted by Gasteiger charge is 2.38. The van der Waals surface area contributed by atoms with Gasteiger partial charge in [-0.05, 0) is 6.42 Å². The molecule has 0 radical (unpaired) electrons. The van der Waals surface area contributed by atoms with Crippen LogP contribution in [0.15, 0.2) is 30.3 Å². The SMILES string of the molecule is O=C(CCCC(=O)N1CC(CN2C(=O)COC2=O)C1)c1ccccc1. The molecule has 2 heterocycles. The highest BCUT2D eigenvalue weighted by Crippen LogP contribution is 2.20. The Morgan fingerprint density at radius 2 is 1.80 bits per heavy atom. The summed E-state index contributed by atoms with van der Waals surface area (Å²) in [4.78, 5) is 49.7. The molecule has 7 heteroatoms. The number of likely N-dealkylation sites (tertiary alicyclic amines) is 1. The molecule has 2 fully saturated rings. The van der Waals surface area contributed by atoms with Crippen molar-refractivity contribution < 1.29 is 23.9 Å². The van der Waals surface area contributed by atoms with Crippen LogP contribution < -0.4 is 0 Å². The lowest BCUT2D eigenvalue weighted by Crippen LogP contribution is -2.54. The molecule has 0 spiro atoms. The maximum Gasteiger partial charge on any atom is 0.417 e. The molecule has 2 aliphatic heterocycles. The van der Waals surface area contributed by atoms with E-state index in [1.165, 1.54) is 0 Å². The Morgan fingerprint density at radius 1 is 1.08 bits per heavy atom. The van der Waals surface area contributed by atoms with Gasteiger partial charge < -0.3 is 9.64 Å². The molecule has 0 atom stereocenters. The second kappa shape index (κ2) is 7.46. The molecule has 0 N–H and O–H groups in total. The minimum atomic E-state index is -0.603. The second-order valence-electron chi connectivity index (χ2n) is 6.37. The van der Waals surface area contributed by atoms with Gasteiger partial charge in [-0.25, -0.2) is 9.69 Å². The number of carbonyl (C=O) groups is 4. The standard InChI is InChI=1S/C18H20N2O5/c21-15(14-5-2-1-3-6-14)7-4-8-16(22)19-9-13(10-19)11-20-17(23)12-25-18(20)24/h1-3,5-6,13H,4,7-12H2. The number of nitrogens with zero attached hydrogens (tertiary/aromatic N) is 2. The van der Waals surface area contributed by atoms with Crippen LogP contribution in [0.2, 0.25) is 0 Å². The van der Waals surface area contributed by atoms with Gasteiger partial charge in [0.1, 0.15) is 0 Å². The van der Waals surface area contributed by atoms with E-state index in [4.69, 9.17) is 0 Å². The first-order valence-electron chi connectivity index (χ1n) is 8.37. The largest absolute Gasteiger partial charge is 0.439 e. The summed E-state index contributed by atoms with van der Waals surface area (Å²) in [6.45, 7) is 1.17. The Kier molecular flexibility index (Phi) is 5.11.